The molecule has 0 atom stereocenters. The van der Waals surface area contributed by atoms with Crippen LogP contribution in [0.3, 0.4) is 0 Å². The topological polar surface area (TPSA) is 67.6 Å². The third-order valence-electron chi connectivity index (χ3n) is 6.19. The van der Waals surface area contributed by atoms with Gasteiger partial charge in [0, 0.05) is 31.1 Å². The van der Waals surface area contributed by atoms with Gasteiger partial charge in [0.25, 0.3) is 0 Å². The van der Waals surface area contributed by atoms with Crippen LogP contribution in [0.25, 0.3) is 11.3 Å². The van der Waals surface area contributed by atoms with Crippen LogP contribution in [0, 0.1) is 5.92 Å². The van der Waals surface area contributed by atoms with Crippen LogP contribution in [0.4, 0.5) is 0 Å². The Kier molecular flexibility index (Phi) is 6.49. The van der Waals surface area contributed by atoms with E-state index in [2.05, 4.69) is 15.2 Å². The van der Waals surface area contributed by atoms with E-state index in [0.717, 1.165) is 48.9 Å². The molecule has 1 aromatic heterocycles. The molecule has 156 valence electrons. The molecule has 6 nitrogen and oxygen atoms in total. The second-order valence-electron chi connectivity index (χ2n) is 8.32. The number of hydrogen-bond acceptors (Lipinski definition) is 5. The Morgan fingerprint density at radius 2 is 1.90 bits per heavy atom. The van der Waals surface area contributed by atoms with Crippen LogP contribution in [-0.2, 0) is 11.3 Å². The molecule has 29 heavy (non-hydrogen) atoms. The third-order valence-corrected chi connectivity index (χ3v) is 6.19. The maximum atomic E-state index is 12.3. The van der Waals surface area contributed by atoms with E-state index in [-0.39, 0.29) is 5.91 Å². The highest BCUT2D eigenvalue weighted by Crippen LogP contribution is 2.28. The van der Waals surface area contributed by atoms with Crippen LogP contribution in [-0.4, -0.2) is 42.0 Å². The summed E-state index contributed by atoms with van der Waals surface area (Å²) in [5.74, 6) is 3.19. The lowest BCUT2D eigenvalue weighted by Gasteiger charge is -2.31. The van der Waals surface area contributed by atoms with E-state index in [1.807, 2.05) is 24.3 Å². The summed E-state index contributed by atoms with van der Waals surface area (Å²) in [6.45, 7) is 2.61. The maximum Gasteiger partial charge on any atom is 0.220 e. The highest BCUT2D eigenvalue weighted by molar-refractivity contribution is 5.76. The zero-order valence-electron chi connectivity index (χ0n) is 17.2. The number of carbonyl (C=O) groups is 1. The van der Waals surface area contributed by atoms with E-state index in [0.29, 0.717) is 24.9 Å². The van der Waals surface area contributed by atoms with Crippen molar-refractivity contribution in [3.05, 3.63) is 36.4 Å². The Labute approximate surface area is 172 Å². The molecular weight excluding hydrogens is 366 g/mol. The van der Waals surface area contributed by atoms with Gasteiger partial charge in [-0.3, -0.25) is 9.69 Å². The Morgan fingerprint density at radius 3 is 2.59 bits per heavy atom. The Bertz CT molecular complexity index is 788. The molecule has 6 heteroatoms. The van der Waals surface area contributed by atoms with Gasteiger partial charge in [-0.25, -0.2) is 4.98 Å². The van der Waals surface area contributed by atoms with Crippen LogP contribution >= 0.6 is 0 Å². The first-order valence-electron chi connectivity index (χ1n) is 10.8. The Hall–Kier alpha value is -2.34. The molecule has 2 aromatic rings. The predicted octanol–water partition coefficient (Wildman–Crippen LogP) is 4.01. The minimum Gasteiger partial charge on any atom is -0.497 e. The summed E-state index contributed by atoms with van der Waals surface area (Å²) in [5.41, 5.74) is 0.994. The molecule has 4 rings (SSSR count). The molecule has 1 N–H and O–H groups in total. The van der Waals surface area contributed by atoms with E-state index in [1.165, 1.54) is 25.7 Å². The van der Waals surface area contributed by atoms with Crippen molar-refractivity contribution in [1.29, 1.82) is 0 Å². The number of ether oxygens (including phenoxy) is 1. The van der Waals surface area contributed by atoms with Crippen molar-refractivity contribution >= 4 is 5.91 Å². The second kappa shape index (κ2) is 9.44. The van der Waals surface area contributed by atoms with Crippen molar-refractivity contribution in [3.63, 3.8) is 0 Å². The summed E-state index contributed by atoms with van der Waals surface area (Å²) in [4.78, 5) is 19.1. The fourth-order valence-electron chi connectivity index (χ4n) is 4.46. The highest BCUT2D eigenvalue weighted by atomic mass is 16.5. The molecule has 2 aliphatic rings. The van der Waals surface area contributed by atoms with Gasteiger partial charge in [0.05, 0.1) is 19.9 Å². The quantitative estimate of drug-likeness (QED) is 0.765. The molecule has 1 aliphatic heterocycles. The monoisotopic (exact) mass is 397 g/mol. The largest absolute Gasteiger partial charge is 0.497 e. The van der Waals surface area contributed by atoms with Crippen molar-refractivity contribution in [2.45, 2.75) is 57.5 Å². The van der Waals surface area contributed by atoms with Crippen molar-refractivity contribution in [2.24, 2.45) is 5.92 Å². The number of benzene rings is 1. The van der Waals surface area contributed by atoms with E-state index in [4.69, 9.17) is 9.15 Å². The summed E-state index contributed by atoms with van der Waals surface area (Å²) in [7, 11) is 1.66. The van der Waals surface area contributed by atoms with E-state index in [1.54, 1.807) is 13.3 Å². The summed E-state index contributed by atoms with van der Waals surface area (Å²) in [6.07, 6.45) is 9.50. The zero-order valence-corrected chi connectivity index (χ0v) is 17.2. The van der Waals surface area contributed by atoms with Crippen molar-refractivity contribution < 1.29 is 13.9 Å². The predicted molar refractivity (Wildman–Crippen MR) is 112 cm³/mol. The van der Waals surface area contributed by atoms with Crippen LogP contribution in [0.15, 0.2) is 34.9 Å². The molecule has 1 saturated heterocycles. The number of amides is 1. The first kappa shape index (κ1) is 20.0. The van der Waals surface area contributed by atoms with Crippen LogP contribution in [0.5, 0.6) is 5.75 Å². The van der Waals surface area contributed by atoms with Gasteiger partial charge in [0.1, 0.15) is 5.75 Å². The Balaban J connectivity index is 1.22. The number of likely N-dealkylation sites (tertiary alicyclic amines) is 1. The summed E-state index contributed by atoms with van der Waals surface area (Å²) >= 11 is 0. The van der Waals surface area contributed by atoms with Crippen LogP contribution in [0.2, 0.25) is 0 Å². The Morgan fingerprint density at radius 1 is 1.17 bits per heavy atom. The first-order valence-corrected chi connectivity index (χ1v) is 10.8. The van der Waals surface area contributed by atoms with Gasteiger partial charge < -0.3 is 14.5 Å². The lowest BCUT2D eigenvalue weighted by atomic mass is 10.0. The van der Waals surface area contributed by atoms with Gasteiger partial charge in [-0.1, -0.05) is 12.8 Å². The van der Waals surface area contributed by atoms with Crippen LogP contribution in [0.1, 0.15) is 50.8 Å². The molecule has 0 radical (unpaired) electrons. The summed E-state index contributed by atoms with van der Waals surface area (Å²) < 4.78 is 11.1. The number of methoxy groups -OCH3 is 1. The fraction of sp³-hybridized carbons (Fsp3) is 0.565. The number of carbonyl (C=O) groups excluding carboxylic acids is 1. The minimum absolute atomic E-state index is 0.243. The van der Waals surface area contributed by atoms with Gasteiger partial charge in [0.2, 0.25) is 11.8 Å². The first-order chi connectivity index (χ1) is 14.2. The maximum absolute atomic E-state index is 12.3. The smallest absolute Gasteiger partial charge is 0.220 e. The van der Waals surface area contributed by atoms with Crippen molar-refractivity contribution in [3.8, 4) is 17.1 Å². The molecule has 2 heterocycles. The second-order valence-corrected chi connectivity index (χ2v) is 8.32. The normalized spacial score (nSPS) is 18.8. The van der Waals surface area contributed by atoms with E-state index < -0.39 is 0 Å². The molecule has 0 spiro atoms. The molecule has 0 bridgehead atoms. The summed E-state index contributed by atoms with van der Waals surface area (Å²) in [6, 6.07) is 8.10. The lowest BCUT2D eigenvalue weighted by Crippen LogP contribution is -2.44. The number of nitrogens with zero attached hydrogens (tertiary/aromatic N) is 2. The summed E-state index contributed by atoms with van der Waals surface area (Å²) in [5, 5.41) is 3.25. The van der Waals surface area contributed by atoms with E-state index >= 15 is 0 Å². The van der Waals surface area contributed by atoms with Gasteiger partial charge >= 0.3 is 0 Å². The average molecular weight is 398 g/mol. The average Bonchev–Trinajstić information content (AvgIpc) is 3.42. The standard InChI is InChI=1S/C23H31N3O3/c1-28-20-8-6-18(7-9-20)21-15-24-23(29-21)16-26-12-10-19(11-13-26)25-22(27)14-17-4-2-3-5-17/h6-9,15,17,19H,2-5,10-14,16H2,1H3,(H,25,27). The molecular formula is C23H31N3O3. The number of nitrogens with one attached hydrogen (secondary N) is 1. The SMILES string of the molecule is COc1ccc(-c2cnc(CN3CCC(NC(=O)CC4CCCC4)CC3)o2)cc1. The van der Waals surface area contributed by atoms with Crippen molar-refractivity contribution in [1.82, 2.24) is 15.2 Å². The van der Waals surface area contributed by atoms with E-state index in [9.17, 15) is 4.79 Å². The molecule has 1 aliphatic carbocycles. The van der Waals surface area contributed by atoms with Crippen molar-refractivity contribution in [2.75, 3.05) is 20.2 Å². The molecule has 0 unspecified atom stereocenters. The number of piperidine rings is 1. The molecule has 2 fully saturated rings. The fourth-order valence-corrected chi connectivity index (χ4v) is 4.46. The minimum atomic E-state index is 0.243. The van der Waals surface area contributed by atoms with Gasteiger partial charge in [-0.2, -0.15) is 0 Å². The third kappa shape index (κ3) is 5.38. The molecule has 1 amide bonds. The number of hydrogen-bond donors (Lipinski definition) is 1. The molecule has 1 aromatic carbocycles. The van der Waals surface area contributed by atoms with Gasteiger partial charge in [0.15, 0.2) is 5.76 Å². The molecule has 1 saturated carbocycles. The van der Waals surface area contributed by atoms with Crippen LogP contribution < -0.4 is 10.1 Å². The number of oxazole rings is 1. The highest BCUT2D eigenvalue weighted by Gasteiger charge is 2.24. The lowest BCUT2D eigenvalue weighted by molar-refractivity contribution is -0.123. The number of aromatic nitrogens is 1. The number of rotatable bonds is 7. The van der Waals surface area contributed by atoms with Gasteiger partial charge in [-0.15, -0.1) is 0 Å². The van der Waals surface area contributed by atoms with Gasteiger partial charge in [-0.05, 0) is 55.9 Å². The zero-order chi connectivity index (χ0) is 20.1.